The zero-order chi connectivity index (χ0) is 10.1. The van der Waals surface area contributed by atoms with Gasteiger partial charge >= 0.3 is 0 Å². The van der Waals surface area contributed by atoms with E-state index < -0.39 is 0 Å². The van der Waals surface area contributed by atoms with Crippen molar-refractivity contribution >= 4 is 5.78 Å². The molecule has 13 heavy (non-hydrogen) atoms. The van der Waals surface area contributed by atoms with Crippen LogP contribution in [-0.2, 0) is 4.79 Å². The Morgan fingerprint density at radius 1 is 1.15 bits per heavy atom. The highest BCUT2D eigenvalue weighted by Gasteiger charge is 2.06. The van der Waals surface area contributed by atoms with Crippen molar-refractivity contribution in [1.29, 1.82) is 0 Å². The Morgan fingerprint density at radius 3 is 2.38 bits per heavy atom. The van der Waals surface area contributed by atoms with E-state index in [2.05, 4.69) is 13.8 Å². The van der Waals surface area contributed by atoms with Crippen LogP contribution < -0.4 is 0 Å². The Morgan fingerprint density at radius 2 is 1.85 bits per heavy atom. The Kier molecular flexibility index (Phi) is 8.07. The number of carbonyl (C=O) groups is 1. The summed E-state index contributed by atoms with van der Waals surface area (Å²) in [5, 5.41) is 0. The van der Waals surface area contributed by atoms with Crippen LogP contribution >= 0.6 is 0 Å². The lowest BCUT2D eigenvalue weighted by Crippen LogP contribution is -2.03. The number of ketones is 1. The number of rotatable bonds is 8. The zero-order valence-electron chi connectivity index (χ0n) is 9.44. The molecular formula is C12H24O. The summed E-state index contributed by atoms with van der Waals surface area (Å²) in [6.07, 6.45) is 8.00. The van der Waals surface area contributed by atoms with Gasteiger partial charge in [0.05, 0.1) is 0 Å². The maximum atomic E-state index is 11.1. The normalized spacial score (nSPS) is 12.8. The van der Waals surface area contributed by atoms with E-state index in [1.165, 1.54) is 32.1 Å². The van der Waals surface area contributed by atoms with Crippen LogP contribution in [-0.4, -0.2) is 5.78 Å². The molecule has 0 aromatic heterocycles. The van der Waals surface area contributed by atoms with Crippen molar-refractivity contribution in [2.75, 3.05) is 0 Å². The van der Waals surface area contributed by atoms with Crippen LogP contribution in [0.2, 0.25) is 0 Å². The second-order valence-corrected chi connectivity index (χ2v) is 4.05. The first-order chi connectivity index (χ1) is 6.20. The Balaban J connectivity index is 3.29. The lowest BCUT2D eigenvalue weighted by molar-refractivity contribution is -0.119. The van der Waals surface area contributed by atoms with Crippen LogP contribution in [0.1, 0.15) is 65.7 Å². The van der Waals surface area contributed by atoms with E-state index in [0.717, 1.165) is 6.42 Å². The molecule has 0 heterocycles. The van der Waals surface area contributed by atoms with Crippen molar-refractivity contribution in [2.24, 2.45) is 5.92 Å². The Hall–Kier alpha value is -0.330. The maximum Gasteiger partial charge on any atom is 0.132 e. The molecule has 0 fully saturated rings. The number of hydrogen-bond acceptors (Lipinski definition) is 1. The molecule has 0 aromatic rings. The molecule has 0 amide bonds. The summed E-state index contributed by atoms with van der Waals surface area (Å²) < 4.78 is 0. The van der Waals surface area contributed by atoms with Crippen molar-refractivity contribution in [2.45, 2.75) is 65.7 Å². The monoisotopic (exact) mass is 184 g/mol. The highest BCUT2D eigenvalue weighted by molar-refractivity contribution is 5.78. The fourth-order valence-corrected chi connectivity index (χ4v) is 1.55. The molecule has 1 atom stereocenters. The summed E-state index contributed by atoms with van der Waals surface area (Å²) >= 11 is 0. The highest BCUT2D eigenvalue weighted by atomic mass is 16.1. The molecule has 78 valence electrons. The molecule has 0 aromatic carbocycles. The number of unbranched alkanes of at least 4 members (excludes halogenated alkanes) is 3. The third kappa shape index (κ3) is 8.01. The molecule has 0 rings (SSSR count). The van der Waals surface area contributed by atoms with Crippen LogP contribution in [0.25, 0.3) is 0 Å². The first kappa shape index (κ1) is 12.7. The maximum absolute atomic E-state index is 11.1. The predicted octanol–water partition coefficient (Wildman–Crippen LogP) is 3.96. The quantitative estimate of drug-likeness (QED) is 0.522. The van der Waals surface area contributed by atoms with Crippen LogP contribution in [0, 0.1) is 5.92 Å². The Bertz CT molecular complexity index is 129. The molecule has 0 saturated heterocycles. The first-order valence-corrected chi connectivity index (χ1v) is 5.72. The van der Waals surface area contributed by atoms with E-state index in [9.17, 15) is 4.79 Å². The van der Waals surface area contributed by atoms with Gasteiger partial charge in [0.15, 0.2) is 0 Å². The minimum absolute atomic E-state index is 0.419. The van der Waals surface area contributed by atoms with E-state index >= 15 is 0 Å². The molecule has 0 unspecified atom stereocenters. The molecule has 0 N–H and O–H groups in total. The van der Waals surface area contributed by atoms with Crippen LogP contribution in [0.3, 0.4) is 0 Å². The smallest absolute Gasteiger partial charge is 0.132 e. The van der Waals surface area contributed by atoms with Gasteiger partial charge in [-0.1, -0.05) is 52.9 Å². The zero-order valence-corrected chi connectivity index (χ0v) is 9.44. The third-order valence-electron chi connectivity index (χ3n) is 2.52. The summed E-state index contributed by atoms with van der Waals surface area (Å²) in [7, 11) is 0. The van der Waals surface area contributed by atoms with Crippen molar-refractivity contribution in [3.8, 4) is 0 Å². The fraction of sp³-hybridized carbons (Fsp3) is 0.917. The van der Waals surface area contributed by atoms with Crippen molar-refractivity contribution in [1.82, 2.24) is 0 Å². The van der Waals surface area contributed by atoms with E-state index in [1.807, 2.05) is 6.92 Å². The molecule has 0 saturated carbocycles. The van der Waals surface area contributed by atoms with Gasteiger partial charge in [-0.05, 0) is 5.92 Å². The standard InChI is InChI=1S/C12H24O/c1-4-6-7-8-9-11(3)10-12(13)5-2/h11H,4-10H2,1-3H3/t11-/m1/s1. The van der Waals surface area contributed by atoms with Crippen molar-refractivity contribution < 1.29 is 4.79 Å². The van der Waals surface area contributed by atoms with Gasteiger partial charge in [0.25, 0.3) is 0 Å². The van der Waals surface area contributed by atoms with Crippen LogP contribution in [0.15, 0.2) is 0 Å². The van der Waals surface area contributed by atoms with Crippen LogP contribution in [0.5, 0.6) is 0 Å². The van der Waals surface area contributed by atoms with Gasteiger partial charge in [-0.15, -0.1) is 0 Å². The second kappa shape index (κ2) is 8.28. The largest absolute Gasteiger partial charge is 0.300 e. The fourth-order valence-electron chi connectivity index (χ4n) is 1.55. The molecule has 0 aliphatic carbocycles. The molecule has 0 radical (unpaired) electrons. The number of carbonyl (C=O) groups excluding carboxylic acids is 1. The van der Waals surface area contributed by atoms with Gasteiger partial charge in [-0.2, -0.15) is 0 Å². The van der Waals surface area contributed by atoms with Gasteiger partial charge < -0.3 is 0 Å². The van der Waals surface area contributed by atoms with Gasteiger partial charge in [-0.25, -0.2) is 0 Å². The summed E-state index contributed by atoms with van der Waals surface area (Å²) in [5.74, 6) is 1.02. The van der Waals surface area contributed by atoms with Gasteiger partial charge in [0, 0.05) is 12.8 Å². The van der Waals surface area contributed by atoms with Gasteiger partial charge in [0.2, 0.25) is 0 Å². The number of Topliss-reactive ketones (excluding diaryl/α,β-unsaturated/α-hetero) is 1. The first-order valence-electron chi connectivity index (χ1n) is 5.72. The topological polar surface area (TPSA) is 17.1 Å². The second-order valence-electron chi connectivity index (χ2n) is 4.05. The average molecular weight is 184 g/mol. The minimum Gasteiger partial charge on any atom is -0.300 e. The Labute approximate surface area is 82.9 Å². The summed E-state index contributed by atoms with van der Waals surface area (Å²) in [6, 6.07) is 0. The molecule has 1 heteroatoms. The summed E-state index contributed by atoms with van der Waals surface area (Å²) in [6.45, 7) is 6.37. The van der Waals surface area contributed by atoms with E-state index in [1.54, 1.807) is 0 Å². The van der Waals surface area contributed by atoms with E-state index in [4.69, 9.17) is 0 Å². The summed E-state index contributed by atoms with van der Waals surface area (Å²) in [5.41, 5.74) is 0. The lowest BCUT2D eigenvalue weighted by Gasteiger charge is -2.08. The molecule has 0 spiro atoms. The van der Waals surface area contributed by atoms with E-state index in [0.29, 0.717) is 18.1 Å². The molecule has 0 aliphatic heterocycles. The van der Waals surface area contributed by atoms with Crippen molar-refractivity contribution in [3.05, 3.63) is 0 Å². The van der Waals surface area contributed by atoms with Gasteiger partial charge in [-0.3, -0.25) is 4.79 Å². The van der Waals surface area contributed by atoms with Gasteiger partial charge in [0.1, 0.15) is 5.78 Å². The minimum atomic E-state index is 0.419. The summed E-state index contributed by atoms with van der Waals surface area (Å²) in [4.78, 5) is 11.1. The SMILES string of the molecule is CCCCCC[C@@H](C)CC(=O)CC. The predicted molar refractivity (Wildman–Crippen MR) is 57.8 cm³/mol. The van der Waals surface area contributed by atoms with E-state index in [-0.39, 0.29) is 0 Å². The molecular weight excluding hydrogens is 160 g/mol. The van der Waals surface area contributed by atoms with Crippen molar-refractivity contribution in [3.63, 3.8) is 0 Å². The average Bonchev–Trinajstić information content (AvgIpc) is 2.12. The molecule has 0 aliphatic rings. The number of hydrogen-bond donors (Lipinski definition) is 0. The van der Waals surface area contributed by atoms with Crippen LogP contribution in [0.4, 0.5) is 0 Å². The molecule has 0 bridgehead atoms. The third-order valence-corrected chi connectivity index (χ3v) is 2.52. The molecule has 1 nitrogen and oxygen atoms in total. The lowest BCUT2D eigenvalue weighted by atomic mass is 9.97. The highest BCUT2D eigenvalue weighted by Crippen LogP contribution is 2.14.